The van der Waals surface area contributed by atoms with Gasteiger partial charge in [-0.1, -0.05) is 72.8 Å². The van der Waals surface area contributed by atoms with Crippen LogP contribution >= 0.6 is 0 Å². The van der Waals surface area contributed by atoms with E-state index >= 15 is 0 Å². The molecule has 0 aromatic heterocycles. The van der Waals surface area contributed by atoms with Crippen LogP contribution < -0.4 is 0 Å². The number of aliphatic hydroxyl groups is 1. The zero-order valence-electron chi connectivity index (χ0n) is 15.3. The molecule has 0 amide bonds. The van der Waals surface area contributed by atoms with Gasteiger partial charge in [-0.3, -0.25) is 0 Å². The van der Waals surface area contributed by atoms with E-state index in [1.807, 2.05) is 60.7 Å². The number of aromatic hydroxyl groups is 1. The van der Waals surface area contributed by atoms with Crippen LogP contribution in [0.2, 0.25) is 0 Å². The third kappa shape index (κ3) is 7.72. The van der Waals surface area contributed by atoms with Crippen molar-refractivity contribution in [3.05, 3.63) is 95.9 Å². The van der Waals surface area contributed by atoms with Crippen LogP contribution in [0.5, 0.6) is 5.75 Å². The normalized spacial score (nSPS) is 10.6. The molecule has 0 aliphatic carbocycles. The smallest absolute Gasteiger partial charge is 0.574 e. The third-order valence-electron chi connectivity index (χ3n) is 3.18. The van der Waals surface area contributed by atoms with E-state index in [0.717, 1.165) is 11.3 Å². The Morgan fingerprint density at radius 1 is 0.857 bits per heavy atom. The van der Waals surface area contributed by atoms with Crippen LogP contribution in [-0.2, 0) is 17.1 Å². The topological polar surface area (TPSA) is 91.6 Å². The van der Waals surface area contributed by atoms with E-state index in [9.17, 15) is 5.11 Å². The number of benzene rings is 3. The van der Waals surface area contributed by atoms with E-state index < -0.39 is 0 Å². The molecule has 2 N–H and O–H groups in total. The molecule has 0 heterocycles. The fourth-order valence-corrected chi connectivity index (χ4v) is 1.97. The molecule has 0 aliphatic heterocycles. The van der Waals surface area contributed by atoms with Gasteiger partial charge in [0, 0.05) is 12.2 Å². The summed E-state index contributed by atoms with van der Waals surface area (Å²) in [6, 6.07) is 25.6. The van der Waals surface area contributed by atoms with Gasteiger partial charge in [0.05, 0.1) is 0 Å². The Bertz CT molecular complexity index is 872. The largest absolute Gasteiger partial charge is 1.00 e. The van der Waals surface area contributed by atoms with Crippen molar-refractivity contribution in [2.75, 3.05) is 6.61 Å². The van der Waals surface area contributed by atoms with Gasteiger partial charge in [-0.2, -0.15) is 0 Å². The maximum absolute atomic E-state index is 9.78. The van der Waals surface area contributed by atoms with Crippen LogP contribution in [0.1, 0.15) is 12.5 Å². The number of hydrogen-bond acceptors (Lipinski definition) is 4. The van der Waals surface area contributed by atoms with E-state index in [2.05, 4.69) is 20.8 Å². The Kier molecular flexibility index (Phi) is 10.9. The van der Waals surface area contributed by atoms with Crippen molar-refractivity contribution in [1.29, 1.82) is 0 Å². The van der Waals surface area contributed by atoms with Crippen molar-refractivity contribution in [3.8, 4) is 5.75 Å². The number of amidine groups is 1. The predicted octanol–water partition coefficient (Wildman–Crippen LogP) is 5.54. The summed E-state index contributed by atoms with van der Waals surface area (Å²) >= 11 is 0. The van der Waals surface area contributed by atoms with E-state index in [1.165, 1.54) is 0 Å². The minimum atomic E-state index is 0. The molecule has 0 fully saturated rings. The molecule has 7 heteroatoms. The van der Waals surface area contributed by atoms with Crippen LogP contribution in [0.4, 0.5) is 11.4 Å². The van der Waals surface area contributed by atoms with Gasteiger partial charge in [0.15, 0.2) is 5.84 Å². The van der Waals surface area contributed by atoms with Gasteiger partial charge in [0.1, 0.15) is 11.4 Å². The predicted molar refractivity (Wildman–Crippen MR) is 108 cm³/mol. The summed E-state index contributed by atoms with van der Waals surface area (Å²) in [4.78, 5) is 0. The first-order valence-corrected chi connectivity index (χ1v) is 8.44. The van der Waals surface area contributed by atoms with E-state index in [1.54, 1.807) is 31.2 Å². The fourth-order valence-electron chi connectivity index (χ4n) is 1.97. The molecule has 3 rings (SSSR count). The van der Waals surface area contributed by atoms with Gasteiger partial charge >= 0.3 is 17.1 Å². The molecule has 0 saturated heterocycles. The molecule has 3 aromatic carbocycles. The average molecular weight is 425 g/mol. The standard InChI is InChI=1S/C19H15N4O.C2H6O.Cu/c24-18-14-8-7-13-17(18)21-23-19(15-9-3-1-4-10-15)22-20-16-11-5-2-6-12-16;1-2-3;/h1-14H,(H-,20,21,22,23,24);3H,2H2,1H3;/q-1;;+1. The Morgan fingerprint density at radius 3 is 2.00 bits per heavy atom. The van der Waals surface area contributed by atoms with Gasteiger partial charge in [-0.05, 0) is 19.1 Å². The number of azo groups is 1. The zero-order chi connectivity index (χ0) is 19.3. The van der Waals surface area contributed by atoms with Gasteiger partial charge in [-0.25, -0.2) is 0 Å². The second kappa shape index (κ2) is 13.2. The molecule has 3 aromatic rings. The maximum atomic E-state index is 9.78. The number of hydrogen-bond donors (Lipinski definition) is 2. The summed E-state index contributed by atoms with van der Waals surface area (Å²) in [5.41, 5.74) is 6.08. The molecule has 0 atom stereocenters. The second-order valence-corrected chi connectivity index (χ2v) is 5.23. The average Bonchev–Trinajstić information content (AvgIpc) is 2.71. The second-order valence-electron chi connectivity index (χ2n) is 5.23. The van der Waals surface area contributed by atoms with Crippen molar-refractivity contribution < 1.29 is 27.3 Å². The molecule has 6 nitrogen and oxygen atoms in total. The first-order chi connectivity index (χ1) is 13.2. The monoisotopic (exact) mass is 424 g/mol. The minimum absolute atomic E-state index is 0. The van der Waals surface area contributed by atoms with Crippen LogP contribution in [0, 0.1) is 0 Å². The number of nitrogens with zero attached hydrogens (tertiary/aromatic N) is 4. The van der Waals surface area contributed by atoms with E-state index in [0.29, 0.717) is 11.5 Å². The van der Waals surface area contributed by atoms with Crippen molar-refractivity contribution >= 4 is 17.2 Å². The number of aliphatic hydroxyl groups excluding tert-OH is 1. The maximum Gasteiger partial charge on any atom is 1.00 e. The van der Waals surface area contributed by atoms with Crippen LogP contribution in [0.15, 0.2) is 100 Å². The SMILES string of the molecule is CCO.Oc1ccccc1N=N/C(=N\[N-]c1ccccc1)c1ccccc1.[Cu+]. The minimum Gasteiger partial charge on any atom is -0.574 e. The van der Waals surface area contributed by atoms with Gasteiger partial charge in [0.25, 0.3) is 0 Å². The first-order valence-electron chi connectivity index (χ1n) is 8.44. The molecule has 0 radical (unpaired) electrons. The van der Waals surface area contributed by atoms with Crippen LogP contribution in [-0.4, -0.2) is 22.7 Å². The van der Waals surface area contributed by atoms with Gasteiger partial charge in [0.2, 0.25) is 0 Å². The number of phenolic OH excluding ortho intramolecular Hbond substituents is 1. The number of para-hydroxylation sites is 1. The van der Waals surface area contributed by atoms with Gasteiger partial charge < -0.3 is 20.7 Å². The molecular formula is C21H21CuN4O2. The summed E-state index contributed by atoms with van der Waals surface area (Å²) in [5, 5.41) is 29.8. The zero-order valence-corrected chi connectivity index (χ0v) is 16.2. The van der Waals surface area contributed by atoms with Crippen molar-refractivity contribution in [3.63, 3.8) is 0 Å². The molecule has 28 heavy (non-hydrogen) atoms. The quantitative estimate of drug-likeness (QED) is 0.189. The Balaban J connectivity index is 0.000000921. The summed E-state index contributed by atoms with van der Waals surface area (Å²) in [6.07, 6.45) is 0. The van der Waals surface area contributed by atoms with Crippen LogP contribution in [0.3, 0.4) is 0 Å². The molecule has 0 unspecified atom stereocenters. The van der Waals surface area contributed by atoms with Crippen molar-refractivity contribution in [2.24, 2.45) is 15.3 Å². The van der Waals surface area contributed by atoms with Crippen molar-refractivity contribution in [1.82, 2.24) is 0 Å². The Morgan fingerprint density at radius 2 is 1.39 bits per heavy atom. The summed E-state index contributed by atoms with van der Waals surface area (Å²) in [5.74, 6) is 0.427. The molecule has 0 bridgehead atoms. The molecule has 148 valence electrons. The van der Waals surface area contributed by atoms with E-state index in [4.69, 9.17) is 5.11 Å². The number of rotatable bonds is 4. The summed E-state index contributed by atoms with van der Waals surface area (Å²) in [6.45, 7) is 1.93. The molecular weight excluding hydrogens is 404 g/mol. The van der Waals surface area contributed by atoms with Crippen molar-refractivity contribution in [2.45, 2.75) is 6.92 Å². The number of phenols is 1. The Labute approximate surface area is 175 Å². The fraction of sp³-hybridized carbons (Fsp3) is 0.0952. The van der Waals surface area contributed by atoms with Gasteiger partial charge in [-0.15, -0.1) is 15.9 Å². The molecule has 0 saturated carbocycles. The first kappa shape index (κ1) is 23.0. The summed E-state index contributed by atoms with van der Waals surface area (Å²) < 4.78 is 0. The Hall–Kier alpha value is -2.99. The summed E-state index contributed by atoms with van der Waals surface area (Å²) in [7, 11) is 0. The third-order valence-corrected chi connectivity index (χ3v) is 3.18. The molecule has 0 spiro atoms. The van der Waals surface area contributed by atoms with E-state index in [-0.39, 0.29) is 29.4 Å². The molecule has 0 aliphatic rings. The van der Waals surface area contributed by atoms with Crippen LogP contribution in [0.25, 0.3) is 5.43 Å².